The molecule has 0 aromatic heterocycles. The van der Waals surface area contributed by atoms with Crippen LogP contribution in [0.3, 0.4) is 0 Å². The number of hydrogen-bond donors (Lipinski definition) is 0. The van der Waals surface area contributed by atoms with Gasteiger partial charge in [0.05, 0.1) is 23.1 Å². The van der Waals surface area contributed by atoms with E-state index < -0.39 is 10.0 Å². The van der Waals surface area contributed by atoms with Crippen LogP contribution in [0.25, 0.3) is 0 Å². The van der Waals surface area contributed by atoms with E-state index in [1.54, 1.807) is 41.3 Å². The zero-order valence-electron chi connectivity index (χ0n) is 19.7. The number of amides is 1. The summed E-state index contributed by atoms with van der Waals surface area (Å²) in [5.41, 5.74) is 1.32. The number of rotatable bonds is 6. The minimum absolute atomic E-state index is 0.0176. The number of halogens is 1. The van der Waals surface area contributed by atoms with Crippen LogP contribution >= 0.6 is 0 Å². The Bertz CT molecular complexity index is 1130. The Balaban J connectivity index is 1.40. The van der Waals surface area contributed by atoms with Crippen LogP contribution in [0.2, 0.25) is 0 Å². The fourth-order valence-corrected chi connectivity index (χ4v) is 6.35. The summed E-state index contributed by atoms with van der Waals surface area (Å²) in [4.78, 5) is 17.2. The first-order valence-corrected chi connectivity index (χ1v) is 13.3. The highest BCUT2D eigenvalue weighted by Gasteiger charge is 2.36. The lowest BCUT2D eigenvalue weighted by molar-refractivity contribution is -0.137. The van der Waals surface area contributed by atoms with Gasteiger partial charge in [-0.3, -0.25) is 4.79 Å². The number of piperidine rings is 1. The van der Waals surface area contributed by atoms with Gasteiger partial charge >= 0.3 is 0 Å². The molecule has 0 bridgehead atoms. The third-order valence-corrected chi connectivity index (χ3v) is 8.46. The molecule has 2 fully saturated rings. The maximum Gasteiger partial charge on any atom is 0.243 e. The van der Waals surface area contributed by atoms with Crippen LogP contribution in [0, 0.1) is 18.7 Å². The molecule has 7 nitrogen and oxygen atoms in total. The van der Waals surface area contributed by atoms with Gasteiger partial charge in [-0.1, -0.05) is 12.1 Å². The summed E-state index contributed by atoms with van der Waals surface area (Å²) < 4.78 is 47.7. The van der Waals surface area contributed by atoms with E-state index in [0.717, 1.165) is 5.56 Å². The molecule has 2 aliphatic rings. The molecule has 2 aromatic carbocycles. The zero-order valence-corrected chi connectivity index (χ0v) is 20.6. The van der Waals surface area contributed by atoms with Crippen molar-refractivity contribution >= 4 is 21.6 Å². The topological polar surface area (TPSA) is 70.2 Å². The molecule has 1 atom stereocenters. The van der Waals surface area contributed by atoms with E-state index in [2.05, 4.69) is 0 Å². The van der Waals surface area contributed by atoms with E-state index in [1.807, 2.05) is 18.7 Å². The molecule has 2 aromatic rings. The minimum Gasteiger partial charge on any atom is -0.494 e. The highest BCUT2D eigenvalue weighted by molar-refractivity contribution is 7.89. The van der Waals surface area contributed by atoms with E-state index in [0.29, 0.717) is 63.6 Å². The summed E-state index contributed by atoms with van der Waals surface area (Å²) in [5.74, 6) is 0.0193. The molecule has 1 amide bonds. The average molecular weight is 490 g/mol. The number of ether oxygens (including phenoxy) is 1. The summed E-state index contributed by atoms with van der Waals surface area (Å²) >= 11 is 0. The molecule has 0 aliphatic carbocycles. The van der Waals surface area contributed by atoms with Gasteiger partial charge in [0.2, 0.25) is 15.9 Å². The molecule has 0 saturated carbocycles. The van der Waals surface area contributed by atoms with Gasteiger partial charge in [0.15, 0.2) is 0 Å². The van der Waals surface area contributed by atoms with E-state index in [1.165, 1.54) is 10.4 Å². The van der Waals surface area contributed by atoms with Crippen LogP contribution in [-0.4, -0.2) is 69.4 Å². The van der Waals surface area contributed by atoms with Gasteiger partial charge in [0.25, 0.3) is 0 Å². The Morgan fingerprint density at radius 1 is 1.09 bits per heavy atom. The number of anilines is 1. The second-order valence-electron chi connectivity index (χ2n) is 8.83. The number of carbonyl (C=O) groups excluding carboxylic acids is 1. The predicted molar refractivity (Wildman–Crippen MR) is 129 cm³/mol. The summed E-state index contributed by atoms with van der Waals surface area (Å²) in [6.45, 7) is 6.89. The first-order valence-electron chi connectivity index (χ1n) is 11.8. The molecule has 34 heavy (non-hydrogen) atoms. The Labute approximate surface area is 201 Å². The van der Waals surface area contributed by atoms with Gasteiger partial charge in [-0.05, 0) is 62.6 Å². The third-order valence-electron chi connectivity index (χ3n) is 6.60. The van der Waals surface area contributed by atoms with Crippen LogP contribution < -0.4 is 9.64 Å². The average Bonchev–Trinajstić information content (AvgIpc) is 2.85. The van der Waals surface area contributed by atoms with Crippen molar-refractivity contribution in [1.82, 2.24) is 9.21 Å². The van der Waals surface area contributed by atoms with Gasteiger partial charge in [-0.15, -0.1) is 0 Å². The largest absolute Gasteiger partial charge is 0.494 e. The maximum absolute atomic E-state index is 14.1. The van der Waals surface area contributed by atoms with Crippen molar-refractivity contribution in [2.75, 3.05) is 50.8 Å². The van der Waals surface area contributed by atoms with Crippen molar-refractivity contribution < 1.29 is 22.3 Å². The number of benzene rings is 2. The van der Waals surface area contributed by atoms with Gasteiger partial charge in [-0.25, -0.2) is 12.8 Å². The number of para-hydroxylation sites is 1. The van der Waals surface area contributed by atoms with Crippen LogP contribution in [0.5, 0.6) is 5.75 Å². The minimum atomic E-state index is -3.71. The molecular weight excluding hydrogens is 457 g/mol. The molecule has 0 unspecified atom stereocenters. The fraction of sp³-hybridized carbons (Fsp3) is 0.480. The van der Waals surface area contributed by atoms with Gasteiger partial charge in [0.1, 0.15) is 11.6 Å². The zero-order chi connectivity index (χ0) is 24.3. The maximum atomic E-state index is 14.1. The Hall–Kier alpha value is -2.65. The van der Waals surface area contributed by atoms with Gasteiger partial charge < -0.3 is 14.5 Å². The molecule has 2 saturated heterocycles. The molecule has 2 aliphatic heterocycles. The number of carbonyl (C=O) groups is 1. The van der Waals surface area contributed by atoms with Gasteiger partial charge in [-0.2, -0.15) is 4.31 Å². The van der Waals surface area contributed by atoms with E-state index >= 15 is 0 Å². The normalized spacial score (nSPS) is 19.8. The highest BCUT2D eigenvalue weighted by Crippen LogP contribution is 2.29. The molecule has 2 heterocycles. The monoisotopic (exact) mass is 489 g/mol. The Kier molecular flexibility index (Phi) is 7.42. The number of aryl methyl sites for hydroxylation is 1. The standard InChI is InChI=1S/C25H32FN3O4S/c1-3-33-24-11-10-21(17-19(24)2)34(31,32)29-12-6-7-20(18-29)25(30)28-15-13-27(14-16-28)23-9-5-4-8-22(23)26/h4-5,8-11,17,20H,3,6-7,12-16,18H2,1-2H3/t20-/m1/s1. The fourth-order valence-electron chi connectivity index (χ4n) is 4.75. The lowest BCUT2D eigenvalue weighted by Crippen LogP contribution is -2.53. The number of sulfonamides is 1. The number of nitrogens with zero attached hydrogens (tertiary/aromatic N) is 3. The Morgan fingerprint density at radius 2 is 1.82 bits per heavy atom. The molecule has 0 N–H and O–H groups in total. The van der Waals surface area contributed by atoms with Crippen molar-refractivity contribution in [1.29, 1.82) is 0 Å². The first-order chi connectivity index (χ1) is 16.3. The second-order valence-corrected chi connectivity index (χ2v) is 10.8. The van der Waals surface area contributed by atoms with Crippen LogP contribution in [0.1, 0.15) is 25.3 Å². The predicted octanol–water partition coefficient (Wildman–Crippen LogP) is 3.28. The van der Waals surface area contributed by atoms with Crippen LogP contribution in [-0.2, 0) is 14.8 Å². The number of piperazine rings is 1. The van der Waals surface area contributed by atoms with Crippen molar-refractivity contribution in [3.63, 3.8) is 0 Å². The second kappa shape index (κ2) is 10.3. The lowest BCUT2D eigenvalue weighted by Gasteiger charge is -2.39. The van der Waals surface area contributed by atoms with Crippen molar-refractivity contribution in [3.8, 4) is 5.75 Å². The molecule has 184 valence electrons. The van der Waals surface area contributed by atoms with Crippen molar-refractivity contribution in [2.45, 2.75) is 31.6 Å². The molecular formula is C25H32FN3O4S. The smallest absolute Gasteiger partial charge is 0.243 e. The Morgan fingerprint density at radius 3 is 2.50 bits per heavy atom. The SMILES string of the molecule is CCOc1ccc(S(=O)(=O)N2CCC[C@@H](C(=O)N3CCN(c4ccccc4F)CC3)C2)cc1C. The van der Waals surface area contributed by atoms with Gasteiger partial charge in [0, 0.05) is 39.3 Å². The number of hydrogen-bond acceptors (Lipinski definition) is 5. The third kappa shape index (κ3) is 5.05. The first kappa shape index (κ1) is 24.5. The van der Waals surface area contributed by atoms with E-state index in [-0.39, 0.29) is 29.1 Å². The quantitative estimate of drug-likeness (QED) is 0.623. The summed E-state index contributed by atoms with van der Waals surface area (Å²) in [5, 5.41) is 0. The lowest BCUT2D eigenvalue weighted by atomic mass is 9.97. The molecule has 9 heteroatoms. The molecule has 0 radical (unpaired) electrons. The van der Waals surface area contributed by atoms with Crippen molar-refractivity contribution in [3.05, 3.63) is 53.8 Å². The van der Waals surface area contributed by atoms with E-state index in [9.17, 15) is 17.6 Å². The van der Waals surface area contributed by atoms with Crippen LogP contribution in [0.4, 0.5) is 10.1 Å². The molecule has 0 spiro atoms. The van der Waals surface area contributed by atoms with Crippen molar-refractivity contribution in [2.24, 2.45) is 5.92 Å². The van der Waals surface area contributed by atoms with E-state index in [4.69, 9.17) is 4.74 Å². The van der Waals surface area contributed by atoms with Crippen LogP contribution in [0.15, 0.2) is 47.4 Å². The summed E-state index contributed by atoms with van der Waals surface area (Å²) in [6.07, 6.45) is 1.31. The summed E-state index contributed by atoms with van der Waals surface area (Å²) in [6, 6.07) is 11.5. The molecule has 4 rings (SSSR count). The summed E-state index contributed by atoms with van der Waals surface area (Å²) in [7, 11) is -3.71. The highest BCUT2D eigenvalue weighted by atomic mass is 32.2.